The number of thioether (sulfide) groups is 1. The fourth-order valence-corrected chi connectivity index (χ4v) is 4.12. The van der Waals surface area contributed by atoms with Crippen molar-refractivity contribution in [3.63, 3.8) is 0 Å². The van der Waals surface area contributed by atoms with Gasteiger partial charge in [0.2, 0.25) is 0 Å². The van der Waals surface area contributed by atoms with Crippen LogP contribution in [0.25, 0.3) is 0 Å². The van der Waals surface area contributed by atoms with Crippen LogP contribution in [-0.2, 0) is 6.42 Å². The number of hydrogen-bond acceptors (Lipinski definition) is 4. The van der Waals surface area contributed by atoms with Crippen molar-refractivity contribution in [2.45, 2.75) is 37.4 Å². The summed E-state index contributed by atoms with van der Waals surface area (Å²) in [5.74, 6) is 1.50. The predicted molar refractivity (Wildman–Crippen MR) is 66.8 cm³/mol. The third-order valence-electron chi connectivity index (χ3n) is 2.77. The minimum atomic E-state index is 0.186. The SMILES string of the molecule is CC(CO)c1csc(CC2CCCS2)n1. The summed E-state index contributed by atoms with van der Waals surface area (Å²) in [5.41, 5.74) is 1.06. The van der Waals surface area contributed by atoms with E-state index >= 15 is 0 Å². The third-order valence-corrected chi connectivity index (χ3v) is 5.06. The number of nitrogens with zero attached hydrogens (tertiary/aromatic N) is 1. The van der Waals surface area contributed by atoms with Crippen molar-refractivity contribution in [3.05, 3.63) is 16.1 Å². The summed E-state index contributed by atoms with van der Waals surface area (Å²) < 4.78 is 0. The molecule has 2 atom stereocenters. The first-order chi connectivity index (χ1) is 7.29. The van der Waals surface area contributed by atoms with Crippen LogP contribution in [0.4, 0.5) is 0 Å². The van der Waals surface area contributed by atoms with Gasteiger partial charge in [-0.3, -0.25) is 0 Å². The minimum Gasteiger partial charge on any atom is -0.396 e. The Morgan fingerprint density at radius 1 is 1.67 bits per heavy atom. The predicted octanol–water partition coefficient (Wildman–Crippen LogP) is 2.68. The number of hydrogen-bond donors (Lipinski definition) is 1. The van der Waals surface area contributed by atoms with Crippen molar-refractivity contribution in [3.8, 4) is 0 Å². The van der Waals surface area contributed by atoms with Crippen molar-refractivity contribution in [2.24, 2.45) is 0 Å². The van der Waals surface area contributed by atoms with E-state index in [1.165, 1.54) is 23.6 Å². The number of aromatic nitrogens is 1. The lowest BCUT2D eigenvalue weighted by Crippen LogP contribution is -2.03. The Balaban J connectivity index is 1.94. The summed E-state index contributed by atoms with van der Waals surface area (Å²) in [6.45, 7) is 2.21. The first kappa shape index (κ1) is 11.4. The lowest BCUT2D eigenvalue weighted by molar-refractivity contribution is 0.271. The Hall–Kier alpha value is -0.0600. The molecule has 1 aliphatic heterocycles. The molecule has 4 heteroatoms. The number of aliphatic hydroxyl groups excluding tert-OH is 1. The van der Waals surface area contributed by atoms with E-state index < -0.39 is 0 Å². The van der Waals surface area contributed by atoms with E-state index in [9.17, 15) is 0 Å². The number of rotatable bonds is 4. The summed E-state index contributed by atoms with van der Waals surface area (Å²) in [6, 6.07) is 0. The fraction of sp³-hybridized carbons (Fsp3) is 0.727. The first-order valence-corrected chi connectivity index (χ1v) is 7.39. The Kier molecular flexibility index (Phi) is 4.05. The van der Waals surface area contributed by atoms with E-state index in [2.05, 4.69) is 22.1 Å². The van der Waals surface area contributed by atoms with Gasteiger partial charge in [-0.05, 0) is 18.6 Å². The van der Waals surface area contributed by atoms with Crippen molar-refractivity contribution in [1.82, 2.24) is 4.98 Å². The Labute approximate surface area is 99.1 Å². The third kappa shape index (κ3) is 2.95. The van der Waals surface area contributed by atoms with Gasteiger partial charge in [-0.2, -0.15) is 11.8 Å². The second-order valence-corrected chi connectivity index (χ2v) is 6.44. The molecule has 2 rings (SSSR count). The van der Waals surface area contributed by atoms with Crippen LogP contribution in [0.15, 0.2) is 5.38 Å². The molecule has 2 heterocycles. The normalized spacial score (nSPS) is 23.2. The molecule has 0 amide bonds. The van der Waals surface area contributed by atoms with E-state index in [1.807, 2.05) is 6.92 Å². The standard InChI is InChI=1S/C11H17NOS2/c1-8(6-13)10-7-15-11(12-10)5-9-3-2-4-14-9/h7-9,13H,2-6H2,1H3. The zero-order chi connectivity index (χ0) is 10.7. The average molecular weight is 243 g/mol. The molecule has 1 saturated heterocycles. The highest BCUT2D eigenvalue weighted by atomic mass is 32.2. The molecule has 0 aliphatic carbocycles. The maximum absolute atomic E-state index is 9.04. The lowest BCUT2D eigenvalue weighted by Gasteiger charge is -2.05. The van der Waals surface area contributed by atoms with Gasteiger partial charge in [0, 0.05) is 23.0 Å². The maximum atomic E-state index is 9.04. The molecule has 0 aromatic carbocycles. The Bertz CT molecular complexity index is 307. The van der Waals surface area contributed by atoms with Crippen molar-refractivity contribution in [1.29, 1.82) is 0 Å². The second-order valence-electron chi connectivity index (χ2n) is 4.09. The van der Waals surface area contributed by atoms with E-state index in [0.29, 0.717) is 0 Å². The maximum Gasteiger partial charge on any atom is 0.0939 e. The monoisotopic (exact) mass is 243 g/mol. The molecule has 1 aromatic heterocycles. The first-order valence-electron chi connectivity index (χ1n) is 5.46. The van der Waals surface area contributed by atoms with E-state index in [0.717, 1.165) is 17.4 Å². The van der Waals surface area contributed by atoms with Crippen LogP contribution < -0.4 is 0 Å². The summed E-state index contributed by atoms with van der Waals surface area (Å²) in [4.78, 5) is 4.59. The largest absolute Gasteiger partial charge is 0.396 e. The average Bonchev–Trinajstić information content (AvgIpc) is 2.88. The molecule has 2 unspecified atom stereocenters. The topological polar surface area (TPSA) is 33.1 Å². The molecule has 1 aromatic rings. The molecule has 0 bridgehead atoms. The zero-order valence-corrected chi connectivity index (χ0v) is 10.6. The highest BCUT2D eigenvalue weighted by Crippen LogP contribution is 2.30. The smallest absolute Gasteiger partial charge is 0.0939 e. The van der Waals surface area contributed by atoms with Gasteiger partial charge in [0.1, 0.15) is 0 Å². The van der Waals surface area contributed by atoms with Gasteiger partial charge in [0.05, 0.1) is 17.3 Å². The van der Waals surface area contributed by atoms with E-state index in [4.69, 9.17) is 5.11 Å². The Morgan fingerprint density at radius 3 is 3.20 bits per heavy atom. The lowest BCUT2D eigenvalue weighted by atomic mass is 10.1. The highest BCUT2D eigenvalue weighted by molar-refractivity contribution is 8.00. The van der Waals surface area contributed by atoms with Gasteiger partial charge in [0.25, 0.3) is 0 Å². The molecular weight excluding hydrogens is 226 g/mol. The van der Waals surface area contributed by atoms with Gasteiger partial charge in [-0.15, -0.1) is 11.3 Å². The summed E-state index contributed by atoms with van der Waals surface area (Å²) in [7, 11) is 0. The minimum absolute atomic E-state index is 0.186. The second kappa shape index (κ2) is 5.32. The number of thiazole rings is 1. The van der Waals surface area contributed by atoms with Crippen LogP contribution in [0.5, 0.6) is 0 Å². The highest BCUT2D eigenvalue weighted by Gasteiger charge is 2.18. The van der Waals surface area contributed by atoms with Crippen LogP contribution in [0, 0.1) is 0 Å². The van der Waals surface area contributed by atoms with Crippen LogP contribution in [0.3, 0.4) is 0 Å². The van der Waals surface area contributed by atoms with Crippen LogP contribution >= 0.6 is 23.1 Å². The molecule has 1 N–H and O–H groups in total. The fourth-order valence-electron chi connectivity index (χ4n) is 1.74. The van der Waals surface area contributed by atoms with Crippen LogP contribution in [-0.4, -0.2) is 27.7 Å². The summed E-state index contributed by atoms with van der Waals surface area (Å²) in [5, 5.41) is 13.2. The van der Waals surface area contributed by atoms with Gasteiger partial charge in [-0.1, -0.05) is 6.92 Å². The molecule has 0 saturated carbocycles. The van der Waals surface area contributed by atoms with Gasteiger partial charge in [0.15, 0.2) is 0 Å². The number of aliphatic hydroxyl groups is 1. The molecule has 0 spiro atoms. The molecule has 0 radical (unpaired) electrons. The molecule has 15 heavy (non-hydrogen) atoms. The van der Waals surface area contributed by atoms with Gasteiger partial charge < -0.3 is 5.11 Å². The zero-order valence-electron chi connectivity index (χ0n) is 8.98. The van der Waals surface area contributed by atoms with Crippen molar-refractivity contribution in [2.75, 3.05) is 12.4 Å². The van der Waals surface area contributed by atoms with Crippen molar-refractivity contribution < 1.29 is 5.11 Å². The molecular formula is C11H17NOS2. The molecule has 1 aliphatic rings. The Morgan fingerprint density at radius 2 is 2.53 bits per heavy atom. The van der Waals surface area contributed by atoms with Gasteiger partial charge in [-0.25, -0.2) is 4.98 Å². The van der Waals surface area contributed by atoms with E-state index in [-0.39, 0.29) is 12.5 Å². The van der Waals surface area contributed by atoms with Crippen molar-refractivity contribution >= 4 is 23.1 Å². The molecule has 2 nitrogen and oxygen atoms in total. The molecule has 84 valence electrons. The van der Waals surface area contributed by atoms with Crippen LogP contribution in [0.1, 0.15) is 36.4 Å². The summed E-state index contributed by atoms with van der Waals surface area (Å²) in [6.07, 6.45) is 3.82. The van der Waals surface area contributed by atoms with Gasteiger partial charge >= 0.3 is 0 Å². The summed E-state index contributed by atoms with van der Waals surface area (Å²) >= 11 is 3.82. The quantitative estimate of drug-likeness (QED) is 0.882. The van der Waals surface area contributed by atoms with E-state index in [1.54, 1.807) is 11.3 Å². The molecule has 1 fully saturated rings. The van der Waals surface area contributed by atoms with Crippen LogP contribution in [0.2, 0.25) is 0 Å².